The summed E-state index contributed by atoms with van der Waals surface area (Å²) < 4.78 is 0. The molecule has 104 valence electrons. The summed E-state index contributed by atoms with van der Waals surface area (Å²) in [6.07, 6.45) is 3.80. The molecule has 0 aromatic carbocycles. The van der Waals surface area contributed by atoms with Crippen LogP contribution in [0.2, 0.25) is 0 Å². The number of hydrogen-bond donors (Lipinski definition) is 3. The van der Waals surface area contributed by atoms with Gasteiger partial charge in [-0.05, 0) is 38.6 Å². The number of carbonyl (C=O) groups is 2. The predicted molar refractivity (Wildman–Crippen MR) is 71.2 cm³/mol. The molecular weight excluding hydrogens is 230 g/mol. The Bertz CT molecular complexity index is 294. The second-order valence-corrected chi connectivity index (χ2v) is 5.15. The highest BCUT2D eigenvalue weighted by Gasteiger charge is 2.24. The lowest BCUT2D eigenvalue weighted by Crippen LogP contribution is -2.49. The average Bonchev–Trinajstić information content (AvgIpc) is 2.72. The molecule has 0 bridgehead atoms. The summed E-state index contributed by atoms with van der Waals surface area (Å²) in [7, 11) is 0. The van der Waals surface area contributed by atoms with Crippen LogP contribution < -0.4 is 16.0 Å². The van der Waals surface area contributed by atoms with Crippen molar-refractivity contribution in [2.75, 3.05) is 13.1 Å². The zero-order valence-electron chi connectivity index (χ0n) is 11.6. The zero-order valence-corrected chi connectivity index (χ0v) is 11.6. The minimum Gasteiger partial charge on any atom is -0.338 e. The topological polar surface area (TPSA) is 70.2 Å². The summed E-state index contributed by atoms with van der Waals surface area (Å²) in [6.45, 7) is 7.23. The molecule has 5 nitrogen and oxygen atoms in total. The van der Waals surface area contributed by atoms with E-state index in [-0.39, 0.29) is 11.9 Å². The normalized spacial score (nSPS) is 24.6. The van der Waals surface area contributed by atoms with Gasteiger partial charge >= 0.3 is 6.03 Å². The molecule has 0 spiro atoms. The highest BCUT2D eigenvalue weighted by molar-refractivity contribution is 5.96. The molecular formula is C13H25N3O2. The molecule has 1 saturated carbocycles. The van der Waals surface area contributed by atoms with Crippen molar-refractivity contribution in [3.05, 3.63) is 0 Å². The molecule has 1 aliphatic rings. The lowest BCUT2D eigenvalue weighted by atomic mass is 9.98. The highest BCUT2D eigenvalue weighted by atomic mass is 16.2. The maximum atomic E-state index is 11.7. The minimum atomic E-state index is -0.426. The standard InChI is InChI=1S/C13H25N3O2/c1-4-14-13(18)16-12(17)10(3)15-8-11-7-5-6-9(11)2/h9-11,15H,4-8H2,1-3H3,(H2,14,16,17,18). The summed E-state index contributed by atoms with van der Waals surface area (Å²) in [5.74, 6) is 1.12. The van der Waals surface area contributed by atoms with Crippen molar-refractivity contribution >= 4 is 11.9 Å². The fraction of sp³-hybridized carbons (Fsp3) is 0.846. The van der Waals surface area contributed by atoms with E-state index in [1.54, 1.807) is 6.92 Å². The lowest BCUT2D eigenvalue weighted by molar-refractivity contribution is -0.121. The Morgan fingerprint density at radius 3 is 2.61 bits per heavy atom. The molecule has 5 heteroatoms. The SMILES string of the molecule is CCNC(=O)NC(=O)C(C)NCC1CCCC1C. The van der Waals surface area contributed by atoms with Crippen molar-refractivity contribution in [3.63, 3.8) is 0 Å². The quantitative estimate of drug-likeness (QED) is 0.692. The fourth-order valence-electron chi connectivity index (χ4n) is 2.37. The number of amides is 3. The Labute approximate surface area is 109 Å². The molecule has 0 saturated heterocycles. The molecule has 3 unspecified atom stereocenters. The molecule has 0 aliphatic heterocycles. The maximum Gasteiger partial charge on any atom is 0.321 e. The van der Waals surface area contributed by atoms with E-state index in [1.807, 2.05) is 6.92 Å². The predicted octanol–water partition coefficient (Wildman–Crippen LogP) is 1.25. The van der Waals surface area contributed by atoms with Crippen LogP contribution in [0, 0.1) is 11.8 Å². The second-order valence-electron chi connectivity index (χ2n) is 5.15. The van der Waals surface area contributed by atoms with Gasteiger partial charge in [-0.25, -0.2) is 4.79 Å². The van der Waals surface area contributed by atoms with Crippen LogP contribution >= 0.6 is 0 Å². The number of rotatable bonds is 5. The van der Waals surface area contributed by atoms with Crippen molar-refractivity contribution in [1.82, 2.24) is 16.0 Å². The van der Waals surface area contributed by atoms with Crippen LogP contribution in [0.15, 0.2) is 0 Å². The van der Waals surface area contributed by atoms with E-state index in [0.717, 1.165) is 12.5 Å². The van der Waals surface area contributed by atoms with Crippen LogP contribution in [-0.2, 0) is 4.79 Å². The molecule has 3 atom stereocenters. The lowest BCUT2D eigenvalue weighted by Gasteiger charge is -2.19. The van der Waals surface area contributed by atoms with Crippen molar-refractivity contribution < 1.29 is 9.59 Å². The van der Waals surface area contributed by atoms with E-state index in [4.69, 9.17) is 0 Å². The van der Waals surface area contributed by atoms with E-state index in [0.29, 0.717) is 12.5 Å². The van der Waals surface area contributed by atoms with Gasteiger partial charge in [0.1, 0.15) is 0 Å². The van der Waals surface area contributed by atoms with Gasteiger partial charge in [0.25, 0.3) is 0 Å². The minimum absolute atomic E-state index is 0.272. The van der Waals surface area contributed by atoms with Crippen LogP contribution in [0.1, 0.15) is 40.0 Å². The number of hydrogen-bond acceptors (Lipinski definition) is 3. The van der Waals surface area contributed by atoms with Crippen molar-refractivity contribution in [3.8, 4) is 0 Å². The van der Waals surface area contributed by atoms with E-state index in [2.05, 4.69) is 22.9 Å². The van der Waals surface area contributed by atoms with Crippen LogP contribution in [-0.4, -0.2) is 31.1 Å². The number of carbonyl (C=O) groups excluding carboxylic acids is 2. The number of imide groups is 1. The van der Waals surface area contributed by atoms with Crippen molar-refractivity contribution in [2.24, 2.45) is 11.8 Å². The summed E-state index contributed by atoms with van der Waals surface area (Å²) in [4.78, 5) is 22.9. The van der Waals surface area contributed by atoms with E-state index >= 15 is 0 Å². The molecule has 1 rings (SSSR count). The van der Waals surface area contributed by atoms with Gasteiger partial charge in [0.2, 0.25) is 5.91 Å². The van der Waals surface area contributed by atoms with E-state index in [9.17, 15) is 9.59 Å². The van der Waals surface area contributed by atoms with Crippen LogP contribution in [0.3, 0.4) is 0 Å². The summed E-state index contributed by atoms with van der Waals surface area (Å²) in [5, 5.41) is 8.06. The van der Waals surface area contributed by atoms with Gasteiger partial charge < -0.3 is 10.6 Å². The first-order valence-electron chi connectivity index (χ1n) is 6.86. The zero-order chi connectivity index (χ0) is 13.5. The largest absolute Gasteiger partial charge is 0.338 e. The molecule has 18 heavy (non-hydrogen) atoms. The smallest absolute Gasteiger partial charge is 0.321 e. The molecule has 1 aliphatic carbocycles. The summed E-state index contributed by atoms with van der Waals surface area (Å²) in [6, 6.07) is -0.759. The van der Waals surface area contributed by atoms with Crippen molar-refractivity contribution in [1.29, 1.82) is 0 Å². The molecule has 1 fully saturated rings. The van der Waals surface area contributed by atoms with Crippen molar-refractivity contribution in [2.45, 2.75) is 46.1 Å². The number of nitrogens with one attached hydrogen (secondary N) is 3. The van der Waals surface area contributed by atoms with Gasteiger partial charge in [-0.15, -0.1) is 0 Å². The third kappa shape index (κ3) is 4.64. The average molecular weight is 255 g/mol. The van der Waals surface area contributed by atoms with Gasteiger partial charge in [-0.2, -0.15) is 0 Å². The van der Waals surface area contributed by atoms with Crippen LogP contribution in [0.4, 0.5) is 4.79 Å². The number of urea groups is 1. The third-order valence-corrected chi connectivity index (χ3v) is 3.69. The molecule has 0 aromatic rings. The van der Waals surface area contributed by atoms with E-state index in [1.165, 1.54) is 19.3 Å². The Kier molecular flexibility index (Phi) is 6.12. The van der Waals surface area contributed by atoms with Crippen LogP contribution in [0.5, 0.6) is 0 Å². The fourth-order valence-corrected chi connectivity index (χ4v) is 2.37. The first-order chi connectivity index (χ1) is 8.54. The highest BCUT2D eigenvalue weighted by Crippen LogP contribution is 2.30. The maximum absolute atomic E-state index is 11.7. The van der Waals surface area contributed by atoms with Gasteiger partial charge in [0.15, 0.2) is 0 Å². The van der Waals surface area contributed by atoms with Gasteiger partial charge in [0.05, 0.1) is 6.04 Å². The van der Waals surface area contributed by atoms with Gasteiger partial charge in [-0.1, -0.05) is 19.8 Å². The first-order valence-corrected chi connectivity index (χ1v) is 6.86. The Morgan fingerprint density at radius 1 is 1.33 bits per heavy atom. The van der Waals surface area contributed by atoms with Crippen LogP contribution in [0.25, 0.3) is 0 Å². The Balaban J connectivity index is 2.25. The Morgan fingerprint density at radius 2 is 2.06 bits per heavy atom. The second kappa shape index (κ2) is 7.36. The van der Waals surface area contributed by atoms with Gasteiger partial charge in [-0.3, -0.25) is 10.1 Å². The van der Waals surface area contributed by atoms with Gasteiger partial charge in [0, 0.05) is 6.54 Å². The van der Waals surface area contributed by atoms with E-state index < -0.39 is 6.03 Å². The third-order valence-electron chi connectivity index (χ3n) is 3.69. The molecule has 3 N–H and O–H groups in total. The summed E-state index contributed by atoms with van der Waals surface area (Å²) >= 11 is 0. The molecule has 3 amide bonds. The monoisotopic (exact) mass is 255 g/mol. The first kappa shape index (κ1) is 15.0. The molecule has 0 aromatic heterocycles. The summed E-state index contributed by atoms with van der Waals surface area (Å²) in [5.41, 5.74) is 0. The molecule has 0 radical (unpaired) electrons. The Hall–Kier alpha value is -1.10. The molecule has 0 heterocycles.